The number of amides is 1. The maximum absolute atomic E-state index is 12.3. The molecule has 43 heavy (non-hydrogen) atoms. The van der Waals surface area contributed by atoms with Crippen molar-refractivity contribution in [3.05, 3.63) is 23.8 Å². The lowest BCUT2D eigenvalue weighted by Gasteiger charge is -2.16. The van der Waals surface area contributed by atoms with Crippen molar-refractivity contribution in [1.82, 2.24) is 5.32 Å². The average Bonchev–Trinajstić information content (AvgIpc) is 2.95. The van der Waals surface area contributed by atoms with E-state index in [1.54, 1.807) is 0 Å². The summed E-state index contributed by atoms with van der Waals surface area (Å²) in [6, 6.07) is 0. The minimum absolute atomic E-state index is 0.0581. The van der Waals surface area contributed by atoms with E-state index < -0.39 is 15.9 Å². The van der Waals surface area contributed by atoms with Crippen LogP contribution in [0.15, 0.2) is 23.8 Å². The van der Waals surface area contributed by atoms with Gasteiger partial charge >= 0.3 is 5.97 Å². The van der Waals surface area contributed by atoms with E-state index in [1.165, 1.54) is 102 Å². The molecule has 0 unspecified atom stereocenters. The maximum atomic E-state index is 12.3. The highest BCUT2D eigenvalue weighted by atomic mass is 32.2. The normalized spacial score (nSPS) is 13.0. The monoisotopic (exact) mass is 627 g/mol. The highest BCUT2D eigenvalue weighted by Crippen LogP contribution is 2.16. The molecular weight excluding hydrogens is 562 g/mol. The number of hydrogen-bond acceptors (Lipinski definition) is 5. The van der Waals surface area contributed by atoms with Gasteiger partial charge in [-0.15, -0.1) is 0 Å². The molecule has 0 aromatic rings. The smallest absolute Gasteiger partial charge is 0.306 e. The zero-order valence-electron chi connectivity index (χ0n) is 27.9. The number of allylic oxidation sites excluding steroid dienone is 3. The van der Waals surface area contributed by atoms with Crippen molar-refractivity contribution >= 4 is 22.0 Å². The molecule has 0 heterocycles. The molecule has 1 amide bonds. The molecular formula is C35H65NO6S. The molecule has 7 nitrogen and oxygen atoms in total. The molecule has 0 saturated carbocycles. The Morgan fingerprint density at radius 1 is 0.744 bits per heavy atom. The van der Waals surface area contributed by atoms with Crippen molar-refractivity contribution < 1.29 is 27.3 Å². The third kappa shape index (κ3) is 31.6. The van der Waals surface area contributed by atoms with Gasteiger partial charge in [-0.1, -0.05) is 109 Å². The van der Waals surface area contributed by atoms with E-state index in [0.29, 0.717) is 6.42 Å². The zero-order valence-corrected chi connectivity index (χ0v) is 28.7. The summed E-state index contributed by atoms with van der Waals surface area (Å²) in [6.07, 6.45) is 32.5. The lowest BCUT2D eigenvalue weighted by molar-refractivity contribution is -0.149. The molecule has 0 saturated heterocycles. The molecule has 8 heteroatoms. The van der Waals surface area contributed by atoms with E-state index in [4.69, 9.17) is 9.29 Å². The van der Waals surface area contributed by atoms with Crippen molar-refractivity contribution in [3.63, 3.8) is 0 Å². The summed E-state index contributed by atoms with van der Waals surface area (Å²) in [6.45, 7) is 6.03. The zero-order chi connectivity index (χ0) is 32.0. The van der Waals surface area contributed by atoms with Gasteiger partial charge in [0, 0.05) is 19.0 Å². The van der Waals surface area contributed by atoms with Crippen LogP contribution in [0.1, 0.15) is 168 Å². The second-order valence-electron chi connectivity index (χ2n) is 12.1. The average molecular weight is 628 g/mol. The number of rotatable bonds is 30. The van der Waals surface area contributed by atoms with E-state index in [9.17, 15) is 18.0 Å². The van der Waals surface area contributed by atoms with Gasteiger partial charge in [0.1, 0.15) is 6.10 Å². The van der Waals surface area contributed by atoms with Crippen molar-refractivity contribution in [3.8, 4) is 0 Å². The third-order valence-electron chi connectivity index (χ3n) is 7.78. The van der Waals surface area contributed by atoms with E-state index in [2.05, 4.69) is 24.4 Å². The first-order chi connectivity index (χ1) is 20.7. The first-order valence-electron chi connectivity index (χ1n) is 17.4. The van der Waals surface area contributed by atoms with Crippen LogP contribution in [-0.4, -0.2) is 43.2 Å². The molecule has 0 aliphatic heterocycles. The van der Waals surface area contributed by atoms with Crippen LogP contribution in [0, 0.1) is 0 Å². The fraction of sp³-hybridized carbons (Fsp3) is 0.829. The largest absolute Gasteiger partial charge is 0.462 e. The van der Waals surface area contributed by atoms with Gasteiger partial charge in [-0.05, 0) is 71.1 Å². The van der Waals surface area contributed by atoms with Crippen molar-refractivity contribution in [1.29, 1.82) is 0 Å². The Morgan fingerprint density at radius 2 is 1.26 bits per heavy atom. The van der Waals surface area contributed by atoms with Crippen LogP contribution in [0.4, 0.5) is 0 Å². The molecule has 0 radical (unpaired) electrons. The van der Waals surface area contributed by atoms with Gasteiger partial charge in [0.25, 0.3) is 10.1 Å². The van der Waals surface area contributed by atoms with Crippen molar-refractivity contribution in [2.45, 2.75) is 175 Å². The lowest BCUT2D eigenvalue weighted by atomic mass is 10.0. The molecule has 2 N–H and O–H groups in total. The number of nitrogens with one attached hydrogen (secondary N) is 1. The molecule has 0 bridgehead atoms. The van der Waals surface area contributed by atoms with Gasteiger partial charge in [0.05, 0.1) is 5.75 Å². The van der Waals surface area contributed by atoms with Gasteiger partial charge in [0.2, 0.25) is 5.91 Å². The predicted octanol–water partition coefficient (Wildman–Crippen LogP) is 9.42. The summed E-state index contributed by atoms with van der Waals surface area (Å²) in [5.41, 5.74) is 0.900. The Labute approximate surface area is 264 Å². The molecule has 0 rings (SSSR count). The molecule has 252 valence electrons. The van der Waals surface area contributed by atoms with Gasteiger partial charge in [-0.2, -0.15) is 8.42 Å². The SMILES string of the molecule is CCCCCC/C=C\CCCCCCCCCCCCCC(=O)O[C@@H](CC)CCCC/C(C)=C\C(=O)NCCS(=O)(=O)O. The van der Waals surface area contributed by atoms with Crippen molar-refractivity contribution in [2.75, 3.05) is 12.3 Å². The van der Waals surface area contributed by atoms with E-state index in [-0.39, 0.29) is 24.5 Å². The Bertz CT molecular complexity index is 852. The fourth-order valence-corrected chi connectivity index (χ4v) is 5.42. The summed E-state index contributed by atoms with van der Waals surface area (Å²) < 4.78 is 35.8. The first kappa shape index (κ1) is 41.3. The second-order valence-corrected chi connectivity index (χ2v) is 13.7. The number of unbranched alkanes of at least 4 members (excludes halogenated alkanes) is 16. The molecule has 0 aliphatic carbocycles. The summed E-state index contributed by atoms with van der Waals surface area (Å²) in [5.74, 6) is -0.956. The summed E-state index contributed by atoms with van der Waals surface area (Å²) in [7, 11) is -4.08. The Hall–Kier alpha value is -1.67. The number of carbonyl (C=O) groups is 2. The van der Waals surface area contributed by atoms with Crippen LogP contribution < -0.4 is 5.32 Å². The number of ether oxygens (including phenoxy) is 1. The summed E-state index contributed by atoms with van der Waals surface area (Å²) >= 11 is 0. The molecule has 0 aliphatic rings. The molecule has 1 atom stereocenters. The Kier molecular flexibility index (Phi) is 27.9. The standard InChI is InChI=1S/C35H65NO6S/c1-4-6-7-8-9-10-11-12-13-14-15-16-17-18-19-20-21-22-23-28-35(38)42-33(5-2)27-25-24-26-32(3)31-34(37)36-29-30-43(39,40)41/h10-11,31,33H,4-9,12-30H2,1-3H3,(H,36,37)(H,39,40,41)/b11-10-,32-31-/t33-/m0/s1. The third-order valence-corrected chi connectivity index (χ3v) is 8.50. The first-order valence-corrected chi connectivity index (χ1v) is 19.0. The van der Waals surface area contributed by atoms with Crippen LogP contribution in [-0.2, 0) is 24.4 Å². The highest BCUT2D eigenvalue weighted by Gasteiger charge is 2.12. The number of carbonyl (C=O) groups excluding carboxylic acids is 2. The van der Waals surface area contributed by atoms with E-state index in [0.717, 1.165) is 50.5 Å². The predicted molar refractivity (Wildman–Crippen MR) is 180 cm³/mol. The van der Waals surface area contributed by atoms with Crippen LogP contribution in [0.2, 0.25) is 0 Å². The van der Waals surface area contributed by atoms with Gasteiger partial charge in [0.15, 0.2) is 0 Å². The van der Waals surface area contributed by atoms with Gasteiger partial charge in [-0.3, -0.25) is 14.1 Å². The molecule has 0 spiro atoms. The Morgan fingerprint density at radius 3 is 1.79 bits per heavy atom. The fourth-order valence-electron chi connectivity index (χ4n) is 5.06. The summed E-state index contributed by atoms with van der Waals surface area (Å²) in [4.78, 5) is 24.1. The van der Waals surface area contributed by atoms with Gasteiger partial charge in [-0.25, -0.2) is 0 Å². The molecule has 0 fully saturated rings. The Balaban J connectivity index is 3.65. The van der Waals surface area contributed by atoms with Crippen LogP contribution in [0.3, 0.4) is 0 Å². The number of hydrogen-bond donors (Lipinski definition) is 2. The minimum atomic E-state index is -4.08. The van der Waals surface area contributed by atoms with Crippen LogP contribution in [0.5, 0.6) is 0 Å². The number of esters is 1. The highest BCUT2D eigenvalue weighted by molar-refractivity contribution is 7.85. The maximum Gasteiger partial charge on any atom is 0.306 e. The van der Waals surface area contributed by atoms with Crippen LogP contribution >= 0.6 is 0 Å². The van der Waals surface area contributed by atoms with E-state index >= 15 is 0 Å². The quantitative estimate of drug-likeness (QED) is 0.0270. The second kappa shape index (κ2) is 29.1. The molecule has 0 aromatic carbocycles. The molecule has 0 aromatic heterocycles. The van der Waals surface area contributed by atoms with Crippen molar-refractivity contribution in [2.24, 2.45) is 0 Å². The van der Waals surface area contributed by atoms with Gasteiger partial charge < -0.3 is 10.1 Å². The van der Waals surface area contributed by atoms with E-state index in [1.807, 2.05) is 13.8 Å². The summed E-state index contributed by atoms with van der Waals surface area (Å²) in [5, 5.41) is 2.45. The lowest BCUT2D eigenvalue weighted by Crippen LogP contribution is -2.27. The topological polar surface area (TPSA) is 110 Å². The minimum Gasteiger partial charge on any atom is -0.462 e. The van der Waals surface area contributed by atoms with Crippen LogP contribution in [0.25, 0.3) is 0 Å².